The number of carbonyl (C=O) groups excluding carboxylic acids is 3. The summed E-state index contributed by atoms with van der Waals surface area (Å²) in [6, 6.07) is 13.1. The Hall–Kier alpha value is -3.74. The molecule has 1 fully saturated rings. The fraction of sp³-hybridized carbons (Fsp3) is 0.217. The van der Waals surface area contributed by atoms with E-state index in [0.717, 1.165) is 10.3 Å². The Bertz CT molecular complexity index is 1190. The van der Waals surface area contributed by atoms with E-state index in [0.29, 0.717) is 34.6 Å². The molecule has 30 heavy (non-hydrogen) atoms. The number of hydrogen-bond acceptors (Lipinski definition) is 5. The van der Waals surface area contributed by atoms with E-state index in [2.05, 4.69) is 4.98 Å². The van der Waals surface area contributed by atoms with Gasteiger partial charge in [-0.15, -0.1) is 0 Å². The molecule has 3 aromatic rings. The highest BCUT2D eigenvalue weighted by atomic mass is 16.5. The molecule has 2 aliphatic rings. The summed E-state index contributed by atoms with van der Waals surface area (Å²) in [6.45, 7) is 2.26. The Kier molecular flexibility index (Phi) is 4.06. The third-order valence-corrected chi connectivity index (χ3v) is 5.85. The number of hydrogen-bond donors (Lipinski definition) is 0. The fourth-order valence-corrected chi connectivity index (χ4v) is 4.45. The van der Waals surface area contributed by atoms with Gasteiger partial charge in [-0.2, -0.15) is 0 Å². The molecule has 5 rings (SSSR count). The molecule has 0 spiro atoms. The molecule has 3 heterocycles. The minimum Gasteiger partial charge on any atom is -0.496 e. The number of ether oxygens (including phenoxy) is 1. The Balaban J connectivity index is 1.55. The van der Waals surface area contributed by atoms with Gasteiger partial charge in [-0.3, -0.25) is 24.3 Å². The maximum atomic E-state index is 13.5. The van der Waals surface area contributed by atoms with E-state index in [-0.39, 0.29) is 11.8 Å². The number of amides is 3. The van der Waals surface area contributed by atoms with Crippen LogP contribution in [0, 0.1) is 5.92 Å². The van der Waals surface area contributed by atoms with Gasteiger partial charge in [-0.25, -0.2) is 0 Å². The first-order chi connectivity index (χ1) is 14.5. The van der Waals surface area contributed by atoms with E-state index in [1.54, 1.807) is 54.6 Å². The summed E-state index contributed by atoms with van der Waals surface area (Å²) in [6.07, 6.45) is 1.66. The smallest absolute Gasteiger partial charge is 0.262 e. The quantitative estimate of drug-likeness (QED) is 0.631. The van der Waals surface area contributed by atoms with Crippen molar-refractivity contribution in [1.82, 2.24) is 9.88 Å². The summed E-state index contributed by atoms with van der Waals surface area (Å²) in [5.74, 6) is -0.672. The van der Waals surface area contributed by atoms with Gasteiger partial charge in [-0.1, -0.05) is 19.1 Å². The van der Waals surface area contributed by atoms with Crippen LogP contribution in [0.5, 0.6) is 5.75 Å². The molecule has 150 valence electrons. The maximum Gasteiger partial charge on any atom is 0.262 e. The first-order valence-corrected chi connectivity index (χ1v) is 9.73. The van der Waals surface area contributed by atoms with Gasteiger partial charge in [0, 0.05) is 24.0 Å². The van der Waals surface area contributed by atoms with Gasteiger partial charge < -0.3 is 9.64 Å². The van der Waals surface area contributed by atoms with Crippen molar-refractivity contribution in [1.29, 1.82) is 0 Å². The van der Waals surface area contributed by atoms with Crippen molar-refractivity contribution in [3.05, 3.63) is 65.9 Å². The summed E-state index contributed by atoms with van der Waals surface area (Å²) in [5, 5.41) is 0.794. The van der Waals surface area contributed by atoms with Gasteiger partial charge in [0.1, 0.15) is 11.8 Å². The van der Waals surface area contributed by atoms with Crippen LogP contribution in [0.4, 0.5) is 5.69 Å². The third-order valence-electron chi connectivity index (χ3n) is 5.85. The Morgan fingerprint density at radius 1 is 0.967 bits per heavy atom. The van der Waals surface area contributed by atoms with Gasteiger partial charge in [0.25, 0.3) is 17.7 Å². The molecule has 1 saturated heterocycles. The van der Waals surface area contributed by atoms with Crippen LogP contribution in [0.1, 0.15) is 27.6 Å². The molecule has 0 radical (unpaired) electrons. The highest BCUT2D eigenvalue weighted by molar-refractivity contribution is 6.24. The van der Waals surface area contributed by atoms with Crippen LogP contribution in [-0.4, -0.2) is 47.3 Å². The second-order valence-corrected chi connectivity index (χ2v) is 7.58. The van der Waals surface area contributed by atoms with Gasteiger partial charge in [0.2, 0.25) is 0 Å². The molecule has 7 nitrogen and oxygen atoms in total. The molecule has 2 aromatic carbocycles. The molecule has 2 aliphatic heterocycles. The van der Waals surface area contributed by atoms with Crippen molar-refractivity contribution in [3.63, 3.8) is 0 Å². The first-order valence-electron chi connectivity index (χ1n) is 9.73. The van der Waals surface area contributed by atoms with Gasteiger partial charge in [0.15, 0.2) is 0 Å². The van der Waals surface area contributed by atoms with Gasteiger partial charge in [0.05, 0.1) is 29.4 Å². The average molecular weight is 401 g/mol. The summed E-state index contributed by atoms with van der Waals surface area (Å²) < 4.78 is 5.42. The zero-order valence-corrected chi connectivity index (χ0v) is 16.5. The van der Waals surface area contributed by atoms with Gasteiger partial charge >= 0.3 is 0 Å². The van der Waals surface area contributed by atoms with Crippen molar-refractivity contribution in [2.75, 3.05) is 18.6 Å². The van der Waals surface area contributed by atoms with Crippen LogP contribution in [0.25, 0.3) is 10.9 Å². The number of rotatable bonds is 3. The third kappa shape index (κ3) is 2.45. The number of methoxy groups -OCH3 is 1. The number of fused-ring (bicyclic) bond motifs is 2. The molecule has 0 bridgehead atoms. The molecule has 0 saturated carbocycles. The van der Waals surface area contributed by atoms with E-state index < -0.39 is 17.9 Å². The van der Waals surface area contributed by atoms with Crippen molar-refractivity contribution >= 4 is 34.3 Å². The van der Waals surface area contributed by atoms with Crippen molar-refractivity contribution in [2.24, 2.45) is 5.92 Å². The Morgan fingerprint density at radius 3 is 2.33 bits per heavy atom. The van der Waals surface area contributed by atoms with E-state index in [1.807, 2.05) is 19.1 Å². The van der Waals surface area contributed by atoms with E-state index in [1.165, 1.54) is 0 Å². The van der Waals surface area contributed by atoms with Crippen molar-refractivity contribution < 1.29 is 19.1 Å². The molecule has 7 heteroatoms. The molecule has 3 amide bonds. The number of carbonyl (C=O) groups is 3. The monoisotopic (exact) mass is 401 g/mol. The normalized spacial score (nSPS) is 20.9. The predicted molar refractivity (Wildman–Crippen MR) is 111 cm³/mol. The molecular formula is C23H19N3O4. The Morgan fingerprint density at radius 2 is 1.67 bits per heavy atom. The van der Waals surface area contributed by atoms with E-state index in [9.17, 15) is 14.4 Å². The van der Waals surface area contributed by atoms with Crippen LogP contribution in [0.3, 0.4) is 0 Å². The lowest BCUT2D eigenvalue weighted by molar-refractivity contribution is -0.120. The topological polar surface area (TPSA) is 79.8 Å². The minimum absolute atomic E-state index is 0.222. The van der Waals surface area contributed by atoms with Crippen LogP contribution in [0.15, 0.2) is 54.7 Å². The lowest BCUT2D eigenvalue weighted by Gasteiger charge is -2.24. The first kappa shape index (κ1) is 18.3. The predicted octanol–water partition coefficient (Wildman–Crippen LogP) is 2.89. The molecule has 0 N–H and O–H groups in total. The molecular weight excluding hydrogens is 382 g/mol. The second kappa shape index (κ2) is 6.66. The SMILES string of the molecule is COc1ccc(N2C[C@@H](C)[C@H](N3C(=O)c4ccccc4C3=O)C2=O)c2ncccc12. The summed E-state index contributed by atoms with van der Waals surface area (Å²) in [7, 11) is 1.59. The largest absolute Gasteiger partial charge is 0.496 e. The van der Waals surface area contributed by atoms with Crippen molar-refractivity contribution in [2.45, 2.75) is 13.0 Å². The number of nitrogens with zero attached hydrogens (tertiary/aromatic N) is 3. The highest BCUT2D eigenvalue weighted by Crippen LogP contribution is 2.38. The number of pyridine rings is 1. The number of imide groups is 1. The zero-order valence-electron chi connectivity index (χ0n) is 16.5. The fourth-order valence-electron chi connectivity index (χ4n) is 4.45. The van der Waals surface area contributed by atoms with E-state index in [4.69, 9.17) is 4.74 Å². The molecule has 0 aliphatic carbocycles. The summed E-state index contributed by atoms with van der Waals surface area (Å²) >= 11 is 0. The number of anilines is 1. The summed E-state index contributed by atoms with van der Waals surface area (Å²) in [4.78, 5) is 46.5. The second-order valence-electron chi connectivity index (χ2n) is 7.58. The van der Waals surface area contributed by atoms with Gasteiger partial charge in [-0.05, 0) is 36.4 Å². The number of aromatic nitrogens is 1. The van der Waals surface area contributed by atoms with Crippen molar-refractivity contribution in [3.8, 4) is 5.75 Å². The highest BCUT2D eigenvalue weighted by Gasteiger charge is 2.50. The van der Waals surface area contributed by atoms with Crippen LogP contribution in [0.2, 0.25) is 0 Å². The molecule has 2 atom stereocenters. The summed E-state index contributed by atoms with van der Waals surface area (Å²) in [5.41, 5.74) is 1.97. The molecule has 1 aromatic heterocycles. The minimum atomic E-state index is -0.849. The van der Waals surface area contributed by atoms with E-state index >= 15 is 0 Å². The lowest BCUT2D eigenvalue weighted by atomic mass is 10.0. The zero-order chi connectivity index (χ0) is 21.0. The standard InChI is InChI=1S/C23H19N3O4/c1-13-12-25(17-9-10-18(30-2)16-8-5-11-24-19(16)17)23(29)20(13)26-21(27)14-6-3-4-7-15(14)22(26)28/h3-11,13,20H,12H2,1-2H3/t13-,20+/m1/s1. The maximum absolute atomic E-state index is 13.5. The lowest BCUT2D eigenvalue weighted by Crippen LogP contribution is -2.47. The average Bonchev–Trinajstić information content (AvgIpc) is 3.19. The number of benzene rings is 2. The molecule has 0 unspecified atom stereocenters. The van der Waals surface area contributed by atoms with Crippen LogP contribution < -0.4 is 9.64 Å². The van der Waals surface area contributed by atoms with Crippen LogP contribution in [-0.2, 0) is 4.79 Å². The van der Waals surface area contributed by atoms with Crippen LogP contribution >= 0.6 is 0 Å². The Labute approximate surface area is 172 Å².